The zero-order chi connectivity index (χ0) is 18.0. The number of rotatable bonds is 6. The molecule has 25 heavy (non-hydrogen) atoms. The fourth-order valence-corrected chi connectivity index (χ4v) is 3.47. The largest absolute Gasteiger partial charge is 0.325 e. The zero-order valence-corrected chi connectivity index (χ0v) is 14.7. The van der Waals surface area contributed by atoms with E-state index in [2.05, 4.69) is 20.8 Å². The first-order chi connectivity index (χ1) is 11.9. The molecule has 1 aromatic rings. The van der Waals surface area contributed by atoms with Gasteiger partial charge in [-0.15, -0.1) is 0 Å². The van der Waals surface area contributed by atoms with E-state index in [9.17, 15) is 14.4 Å². The van der Waals surface area contributed by atoms with Gasteiger partial charge in [-0.25, -0.2) is 4.79 Å². The van der Waals surface area contributed by atoms with E-state index in [4.69, 9.17) is 0 Å². The molecule has 4 amide bonds. The van der Waals surface area contributed by atoms with Crippen molar-refractivity contribution < 1.29 is 14.4 Å². The van der Waals surface area contributed by atoms with Gasteiger partial charge in [-0.05, 0) is 33.1 Å². The van der Waals surface area contributed by atoms with Gasteiger partial charge in [0.2, 0.25) is 5.91 Å². The Labute approximate surface area is 146 Å². The maximum atomic E-state index is 12.1. The van der Waals surface area contributed by atoms with Crippen LogP contribution in [-0.2, 0) is 9.59 Å². The summed E-state index contributed by atoms with van der Waals surface area (Å²) < 4.78 is 0. The first kappa shape index (κ1) is 17.4. The minimum absolute atomic E-state index is 0.171. The van der Waals surface area contributed by atoms with Crippen LogP contribution in [0.4, 0.5) is 10.6 Å². The lowest BCUT2D eigenvalue weighted by atomic mass is 10.0. The van der Waals surface area contributed by atoms with E-state index in [1.807, 2.05) is 6.07 Å². The van der Waals surface area contributed by atoms with Crippen molar-refractivity contribution in [3.05, 3.63) is 11.8 Å². The average Bonchev–Trinajstić information content (AvgIpc) is 3.24. The first-order valence-corrected chi connectivity index (χ1v) is 8.86. The summed E-state index contributed by atoms with van der Waals surface area (Å²) in [6, 6.07) is 1.50. The van der Waals surface area contributed by atoms with Crippen LogP contribution in [0.15, 0.2) is 6.07 Å². The summed E-state index contributed by atoms with van der Waals surface area (Å²) in [5.41, 5.74) is 0.208. The third-order valence-electron chi connectivity index (χ3n) is 4.89. The number of aromatic amines is 1. The number of hydrogen-bond donors (Lipinski definition) is 3. The Balaban J connectivity index is 1.44. The molecule has 0 atom stereocenters. The number of nitrogens with zero attached hydrogens (tertiary/aromatic N) is 2. The van der Waals surface area contributed by atoms with E-state index in [1.54, 1.807) is 13.8 Å². The molecule has 1 aromatic heterocycles. The normalized spacial score (nSPS) is 20.2. The molecule has 3 N–H and O–H groups in total. The van der Waals surface area contributed by atoms with E-state index < -0.39 is 11.6 Å². The minimum atomic E-state index is -0.870. The molecule has 2 aliphatic rings. The Morgan fingerprint density at radius 1 is 1.36 bits per heavy atom. The molecular weight excluding hydrogens is 322 g/mol. The van der Waals surface area contributed by atoms with E-state index in [-0.39, 0.29) is 24.8 Å². The van der Waals surface area contributed by atoms with Gasteiger partial charge < -0.3 is 10.6 Å². The molecular formula is C17H25N5O3. The van der Waals surface area contributed by atoms with Gasteiger partial charge in [-0.2, -0.15) is 5.10 Å². The van der Waals surface area contributed by atoms with Crippen LogP contribution in [0.25, 0.3) is 0 Å². The predicted molar refractivity (Wildman–Crippen MR) is 92.0 cm³/mol. The third-order valence-corrected chi connectivity index (χ3v) is 4.89. The van der Waals surface area contributed by atoms with Crippen LogP contribution in [0.3, 0.4) is 0 Å². The van der Waals surface area contributed by atoms with Crippen LogP contribution < -0.4 is 10.6 Å². The molecule has 8 heteroatoms. The van der Waals surface area contributed by atoms with Gasteiger partial charge in [0.15, 0.2) is 5.82 Å². The fourth-order valence-electron chi connectivity index (χ4n) is 3.47. The topological polar surface area (TPSA) is 107 Å². The van der Waals surface area contributed by atoms with Crippen molar-refractivity contribution in [2.45, 2.75) is 63.8 Å². The molecule has 2 heterocycles. The summed E-state index contributed by atoms with van der Waals surface area (Å²) in [6.07, 6.45) is 5.45. The van der Waals surface area contributed by atoms with Crippen molar-refractivity contribution in [2.24, 2.45) is 0 Å². The number of carbonyl (C=O) groups excluding carboxylic acids is 3. The van der Waals surface area contributed by atoms with Crippen molar-refractivity contribution in [3.63, 3.8) is 0 Å². The fraction of sp³-hybridized carbons (Fsp3) is 0.647. The molecule has 0 bridgehead atoms. The summed E-state index contributed by atoms with van der Waals surface area (Å²) in [4.78, 5) is 37.0. The highest BCUT2D eigenvalue weighted by Gasteiger charge is 2.43. The van der Waals surface area contributed by atoms with Gasteiger partial charge >= 0.3 is 6.03 Å². The van der Waals surface area contributed by atoms with Crippen molar-refractivity contribution in [2.75, 3.05) is 11.9 Å². The summed E-state index contributed by atoms with van der Waals surface area (Å²) in [7, 11) is 0. The predicted octanol–water partition coefficient (Wildman–Crippen LogP) is 2.12. The number of H-pyrrole nitrogens is 1. The van der Waals surface area contributed by atoms with Crippen molar-refractivity contribution in [1.29, 1.82) is 0 Å². The molecule has 0 aromatic carbocycles. The molecule has 0 unspecified atom stereocenters. The number of carbonyl (C=O) groups is 3. The van der Waals surface area contributed by atoms with Gasteiger partial charge in [-0.3, -0.25) is 19.6 Å². The summed E-state index contributed by atoms with van der Waals surface area (Å²) >= 11 is 0. The average molecular weight is 347 g/mol. The first-order valence-electron chi connectivity index (χ1n) is 8.86. The summed E-state index contributed by atoms with van der Waals surface area (Å²) in [6.45, 7) is 3.56. The lowest BCUT2D eigenvalue weighted by Crippen LogP contribution is -2.40. The Hall–Kier alpha value is -2.38. The van der Waals surface area contributed by atoms with Crippen LogP contribution in [0.2, 0.25) is 0 Å². The molecule has 1 aliphatic heterocycles. The van der Waals surface area contributed by atoms with Crippen LogP contribution in [0.1, 0.15) is 64.0 Å². The number of aromatic nitrogens is 2. The van der Waals surface area contributed by atoms with E-state index in [0.717, 1.165) is 18.5 Å². The van der Waals surface area contributed by atoms with Crippen molar-refractivity contribution in [1.82, 2.24) is 20.4 Å². The number of anilines is 1. The van der Waals surface area contributed by atoms with E-state index >= 15 is 0 Å². The van der Waals surface area contributed by atoms with Crippen LogP contribution in [-0.4, -0.2) is 45.0 Å². The Morgan fingerprint density at radius 3 is 2.72 bits per heavy atom. The third kappa shape index (κ3) is 3.83. The Bertz CT molecular complexity index is 676. The maximum absolute atomic E-state index is 12.1. The molecule has 0 spiro atoms. The molecule has 3 rings (SSSR count). The van der Waals surface area contributed by atoms with Gasteiger partial charge in [-0.1, -0.05) is 12.8 Å². The van der Waals surface area contributed by atoms with Gasteiger partial charge in [0.1, 0.15) is 5.54 Å². The second kappa shape index (κ2) is 6.85. The molecule has 0 radical (unpaired) electrons. The van der Waals surface area contributed by atoms with Gasteiger partial charge in [0.05, 0.1) is 0 Å². The number of nitrogens with one attached hydrogen (secondary N) is 3. The smallest absolute Gasteiger partial charge is 0.324 e. The van der Waals surface area contributed by atoms with Crippen LogP contribution >= 0.6 is 0 Å². The SMILES string of the molecule is CC1(C)NC(=O)N(CCCC(=O)Nc2cc(C3CCCC3)[nH]n2)C1=O. The number of amides is 4. The molecule has 2 fully saturated rings. The quantitative estimate of drug-likeness (QED) is 0.685. The number of imide groups is 1. The standard InChI is InChI=1S/C17H25N5O3/c1-17(2)15(24)22(16(25)19-17)9-5-8-14(23)18-13-10-12(20-21-13)11-6-3-4-7-11/h10-11H,3-9H2,1-2H3,(H,19,25)(H2,18,20,21,23). The number of hydrogen-bond acceptors (Lipinski definition) is 4. The molecule has 1 aliphatic carbocycles. The highest BCUT2D eigenvalue weighted by atomic mass is 16.2. The van der Waals surface area contributed by atoms with E-state index in [0.29, 0.717) is 18.2 Å². The van der Waals surface area contributed by atoms with Gasteiger partial charge in [0, 0.05) is 30.6 Å². The summed E-state index contributed by atoms with van der Waals surface area (Å²) in [5, 5.41) is 12.5. The lowest BCUT2D eigenvalue weighted by Gasteiger charge is -2.15. The maximum Gasteiger partial charge on any atom is 0.325 e. The molecule has 136 valence electrons. The highest BCUT2D eigenvalue weighted by Crippen LogP contribution is 2.33. The molecule has 1 saturated heterocycles. The lowest BCUT2D eigenvalue weighted by molar-refractivity contribution is -0.130. The van der Waals surface area contributed by atoms with E-state index in [1.165, 1.54) is 17.7 Å². The van der Waals surface area contributed by atoms with Gasteiger partial charge in [0.25, 0.3) is 5.91 Å². The Kier molecular flexibility index (Phi) is 4.78. The Morgan fingerprint density at radius 2 is 2.08 bits per heavy atom. The zero-order valence-electron chi connectivity index (χ0n) is 14.7. The summed E-state index contributed by atoms with van der Waals surface area (Å²) in [5.74, 6) is 0.617. The highest BCUT2D eigenvalue weighted by molar-refractivity contribution is 6.06. The van der Waals surface area contributed by atoms with Crippen molar-refractivity contribution in [3.8, 4) is 0 Å². The van der Waals surface area contributed by atoms with Crippen molar-refractivity contribution >= 4 is 23.7 Å². The minimum Gasteiger partial charge on any atom is -0.324 e. The second-order valence-electron chi connectivity index (χ2n) is 7.35. The molecule has 1 saturated carbocycles. The second-order valence-corrected chi connectivity index (χ2v) is 7.35. The molecule has 8 nitrogen and oxygen atoms in total. The van der Waals surface area contributed by atoms with Crippen LogP contribution in [0.5, 0.6) is 0 Å². The monoisotopic (exact) mass is 347 g/mol. The van der Waals surface area contributed by atoms with Crippen LogP contribution in [0, 0.1) is 0 Å². The number of urea groups is 1.